The van der Waals surface area contributed by atoms with E-state index in [-0.39, 0.29) is 5.75 Å². The van der Waals surface area contributed by atoms with Gasteiger partial charge in [-0.2, -0.15) is 0 Å². The van der Waals surface area contributed by atoms with E-state index in [0.29, 0.717) is 55.1 Å². The number of rotatable bonds is 7. The van der Waals surface area contributed by atoms with E-state index in [1.807, 2.05) is 39.0 Å². The van der Waals surface area contributed by atoms with E-state index in [1.165, 1.54) is 0 Å². The fourth-order valence-corrected chi connectivity index (χ4v) is 4.89. The molecule has 0 amide bonds. The Hall–Kier alpha value is -2.42. The van der Waals surface area contributed by atoms with Crippen molar-refractivity contribution in [2.75, 3.05) is 36.8 Å². The standard InChI is InChI=1S/C22H32N6O2.C2H6/c1-2-22(30,9-10-23)14-28-15-7-8-16(28)13-27(12-15)19-11-18(25-26-21(19)24)17-5-3-4-6-20(17)29;1-2/h3-6,11,15-16,29-30H,2,7-10,12-14,23H2,1H3,(H2,24,26);1-2H3. The van der Waals surface area contributed by atoms with Crippen LogP contribution < -0.4 is 16.4 Å². The van der Waals surface area contributed by atoms with Gasteiger partial charge in [0.05, 0.1) is 17.0 Å². The van der Waals surface area contributed by atoms with Crippen LogP contribution in [0.4, 0.5) is 11.5 Å². The summed E-state index contributed by atoms with van der Waals surface area (Å²) in [5.74, 6) is 0.571. The van der Waals surface area contributed by atoms with E-state index in [2.05, 4.69) is 20.0 Å². The highest BCUT2D eigenvalue weighted by atomic mass is 16.3. The van der Waals surface area contributed by atoms with E-state index in [9.17, 15) is 10.2 Å². The van der Waals surface area contributed by atoms with Gasteiger partial charge in [0.15, 0.2) is 5.82 Å². The molecule has 3 unspecified atom stereocenters. The minimum Gasteiger partial charge on any atom is -0.507 e. The van der Waals surface area contributed by atoms with Gasteiger partial charge in [-0.25, -0.2) is 0 Å². The van der Waals surface area contributed by atoms with Crippen LogP contribution in [0.25, 0.3) is 11.3 Å². The number of fused-ring (bicyclic) bond motifs is 2. The van der Waals surface area contributed by atoms with Crippen molar-refractivity contribution in [3.63, 3.8) is 0 Å². The van der Waals surface area contributed by atoms with E-state index >= 15 is 0 Å². The molecule has 1 aromatic heterocycles. The quantitative estimate of drug-likeness (QED) is 0.516. The summed E-state index contributed by atoms with van der Waals surface area (Å²) < 4.78 is 0. The lowest BCUT2D eigenvalue weighted by Crippen LogP contribution is -2.58. The van der Waals surface area contributed by atoms with Crippen LogP contribution in [0.3, 0.4) is 0 Å². The second-order valence-corrected chi connectivity index (χ2v) is 8.60. The zero-order chi connectivity index (χ0) is 23.3. The van der Waals surface area contributed by atoms with E-state index in [1.54, 1.807) is 12.1 Å². The monoisotopic (exact) mass is 442 g/mol. The van der Waals surface area contributed by atoms with Crippen molar-refractivity contribution in [3.8, 4) is 17.0 Å². The molecule has 3 atom stereocenters. The van der Waals surface area contributed by atoms with Gasteiger partial charge >= 0.3 is 0 Å². The van der Waals surface area contributed by atoms with Gasteiger partial charge in [-0.3, -0.25) is 4.90 Å². The molecule has 8 nitrogen and oxygen atoms in total. The van der Waals surface area contributed by atoms with Crippen LogP contribution >= 0.6 is 0 Å². The normalized spacial score (nSPS) is 22.2. The van der Waals surface area contributed by atoms with Crippen LogP contribution in [0.2, 0.25) is 0 Å². The number of benzene rings is 1. The van der Waals surface area contributed by atoms with E-state index in [4.69, 9.17) is 11.5 Å². The van der Waals surface area contributed by atoms with Crippen molar-refractivity contribution in [2.45, 2.75) is 64.1 Å². The van der Waals surface area contributed by atoms with E-state index < -0.39 is 5.60 Å². The number of phenolic OH excluding ortho intramolecular Hbond substituents is 1. The molecule has 0 radical (unpaired) electrons. The van der Waals surface area contributed by atoms with Gasteiger partial charge < -0.3 is 26.6 Å². The molecular formula is C24H38N6O2. The van der Waals surface area contributed by atoms with Crippen molar-refractivity contribution >= 4 is 11.5 Å². The summed E-state index contributed by atoms with van der Waals surface area (Å²) in [6.07, 6.45) is 3.53. The predicted molar refractivity (Wildman–Crippen MR) is 130 cm³/mol. The lowest BCUT2D eigenvalue weighted by molar-refractivity contribution is -0.0218. The number of hydrogen-bond acceptors (Lipinski definition) is 8. The summed E-state index contributed by atoms with van der Waals surface area (Å²) in [5.41, 5.74) is 13.3. The third-order valence-electron chi connectivity index (χ3n) is 6.70. The molecule has 32 heavy (non-hydrogen) atoms. The minimum atomic E-state index is -0.729. The van der Waals surface area contributed by atoms with Crippen molar-refractivity contribution in [1.82, 2.24) is 15.1 Å². The first-order valence-corrected chi connectivity index (χ1v) is 11.8. The Morgan fingerprint density at radius 3 is 2.38 bits per heavy atom. The largest absolute Gasteiger partial charge is 0.507 e. The molecule has 8 heteroatoms. The summed E-state index contributed by atoms with van der Waals surface area (Å²) in [7, 11) is 0. The first kappa shape index (κ1) is 24.2. The number of aromatic nitrogens is 2. The Morgan fingerprint density at radius 2 is 1.78 bits per heavy atom. The lowest BCUT2D eigenvalue weighted by Gasteiger charge is -2.45. The van der Waals surface area contributed by atoms with Crippen molar-refractivity contribution < 1.29 is 10.2 Å². The number of nitrogen functional groups attached to an aromatic ring is 1. The lowest BCUT2D eigenvalue weighted by atomic mass is 9.94. The Bertz CT molecular complexity index is 881. The SMILES string of the molecule is CC.CCC(O)(CCN)CN1C2CCC1CN(c1cc(-c3ccccc3O)nnc1N)C2. The number of nitrogens with two attached hydrogens (primary N) is 2. The van der Waals surface area contributed by atoms with Crippen molar-refractivity contribution in [2.24, 2.45) is 5.73 Å². The number of nitrogens with zero attached hydrogens (tertiary/aromatic N) is 4. The molecule has 2 fully saturated rings. The molecule has 2 saturated heterocycles. The number of aliphatic hydroxyl groups is 1. The first-order chi connectivity index (χ1) is 15.4. The molecule has 0 spiro atoms. The zero-order valence-corrected chi connectivity index (χ0v) is 19.5. The maximum atomic E-state index is 11.0. The number of anilines is 2. The number of piperazine rings is 1. The molecule has 2 aromatic rings. The molecule has 1 aromatic carbocycles. The van der Waals surface area contributed by atoms with Gasteiger partial charge in [0.1, 0.15) is 5.75 Å². The molecule has 0 saturated carbocycles. The van der Waals surface area contributed by atoms with E-state index in [0.717, 1.165) is 31.6 Å². The Morgan fingerprint density at radius 1 is 1.12 bits per heavy atom. The summed E-state index contributed by atoms with van der Waals surface area (Å²) in [6.45, 7) is 8.84. The second-order valence-electron chi connectivity index (χ2n) is 8.60. The van der Waals surface area contributed by atoms with Crippen molar-refractivity contribution in [3.05, 3.63) is 30.3 Å². The van der Waals surface area contributed by atoms with Gasteiger partial charge in [-0.1, -0.05) is 32.9 Å². The molecule has 3 heterocycles. The number of phenols is 1. The molecule has 4 rings (SSSR count). The second kappa shape index (κ2) is 10.5. The van der Waals surface area contributed by atoms with Crippen LogP contribution in [0.1, 0.15) is 46.5 Å². The third-order valence-corrected chi connectivity index (χ3v) is 6.70. The highest BCUT2D eigenvalue weighted by Crippen LogP contribution is 2.37. The first-order valence-electron chi connectivity index (χ1n) is 11.8. The van der Waals surface area contributed by atoms with Crippen LogP contribution in [0.15, 0.2) is 30.3 Å². The molecule has 6 N–H and O–H groups in total. The number of hydrogen-bond donors (Lipinski definition) is 4. The summed E-state index contributed by atoms with van der Waals surface area (Å²) in [6, 6.07) is 9.75. The zero-order valence-electron chi connectivity index (χ0n) is 19.5. The maximum absolute atomic E-state index is 11.0. The highest BCUT2D eigenvalue weighted by Gasteiger charge is 2.43. The van der Waals surface area contributed by atoms with Gasteiger partial charge in [0.25, 0.3) is 0 Å². The fraction of sp³-hybridized carbons (Fsp3) is 0.583. The summed E-state index contributed by atoms with van der Waals surface area (Å²) in [4.78, 5) is 4.74. The molecule has 0 aliphatic carbocycles. The number of aromatic hydroxyl groups is 1. The topological polar surface area (TPSA) is 125 Å². The molecule has 2 aliphatic rings. The molecule has 2 aliphatic heterocycles. The summed E-state index contributed by atoms with van der Waals surface area (Å²) >= 11 is 0. The maximum Gasteiger partial charge on any atom is 0.169 e. The average molecular weight is 443 g/mol. The molecule has 2 bridgehead atoms. The average Bonchev–Trinajstić information content (AvgIpc) is 3.02. The number of para-hydroxylation sites is 1. The van der Waals surface area contributed by atoms with Gasteiger partial charge in [0, 0.05) is 37.3 Å². The Kier molecular flexibility index (Phi) is 7.92. The van der Waals surface area contributed by atoms with Gasteiger partial charge in [0.2, 0.25) is 0 Å². The van der Waals surface area contributed by atoms with Crippen LogP contribution in [-0.4, -0.2) is 69.2 Å². The fourth-order valence-electron chi connectivity index (χ4n) is 4.89. The van der Waals surface area contributed by atoms with Crippen LogP contribution in [-0.2, 0) is 0 Å². The van der Waals surface area contributed by atoms with Crippen molar-refractivity contribution in [1.29, 1.82) is 0 Å². The Balaban J connectivity index is 0.00000141. The van der Waals surface area contributed by atoms with Crippen LogP contribution in [0.5, 0.6) is 5.75 Å². The molecule has 176 valence electrons. The predicted octanol–water partition coefficient (Wildman–Crippen LogP) is 2.60. The third kappa shape index (κ3) is 4.98. The highest BCUT2D eigenvalue weighted by molar-refractivity contribution is 5.74. The minimum absolute atomic E-state index is 0.172. The van der Waals surface area contributed by atoms with Gasteiger partial charge in [-0.15, -0.1) is 10.2 Å². The van der Waals surface area contributed by atoms with Crippen LogP contribution in [0, 0.1) is 0 Å². The van der Waals surface area contributed by atoms with Gasteiger partial charge in [-0.05, 0) is 50.4 Å². The molecular weight excluding hydrogens is 404 g/mol. The smallest absolute Gasteiger partial charge is 0.169 e. The summed E-state index contributed by atoms with van der Waals surface area (Å²) in [5, 5.41) is 29.5. The Labute approximate surface area is 191 Å².